The van der Waals surface area contributed by atoms with Crippen molar-refractivity contribution in [3.63, 3.8) is 0 Å². The molecule has 1 aromatic heterocycles. The summed E-state index contributed by atoms with van der Waals surface area (Å²) in [5.74, 6) is 0. The van der Waals surface area contributed by atoms with Gasteiger partial charge >= 0.3 is 0 Å². The molecule has 28 heavy (non-hydrogen) atoms. The molecule has 1 heterocycles. The van der Waals surface area contributed by atoms with Crippen LogP contribution in [0.15, 0.2) is 42.6 Å². The fourth-order valence-corrected chi connectivity index (χ4v) is 3.28. The van der Waals surface area contributed by atoms with Gasteiger partial charge in [0.05, 0.1) is 19.3 Å². The molecule has 0 saturated heterocycles. The Balaban J connectivity index is 2.06. The largest absolute Gasteiger partial charge is 0.389 e. The lowest BCUT2D eigenvalue weighted by Gasteiger charge is -2.25. The van der Waals surface area contributed by atoms with E-state index in [4.69, 9.17) is 9.47 Å². The zero-order valence-corrected chi connectivity index (χ0v) is 18.0. The van der Waals surface area contributed by atoms with E-state index in [-0.39, 0.29) is 5.41 Å². The fraction of sp³-hybridized carbons (Fsp3) is 0.565. The predicted molar refractivity (Wildman–Crippen MR) is 114 cm³/mol. The van der Waals surface area contributed by atoms with Gasteiger partial charge in [-0.2, -0.15) is 0 Å². The molecule has 0 unspecified atom stereocenters. The molecule has 156 valence electrons. The van der Waals surface area contributed by atoms with Crippen molar-refractivity contribution < 1.29 is 14.6 Å². The molecule has 1 N–H and O–H groups in total. The normalized spacial score (nSPS) is 13.2. The second-order valence-electron chi connectivity index (χ2n) is 8.41. The number of benzene rings is 1. The first kappa shape index (κ1) is 22.6. The highest BCUT2D eigenvalue weighted by molar-refractivity contribution is 5.28. The maximum absolute atomic E-state index is 10.1. The zero-order chi connectivity index (χ0) is 20.6. The minimum Gasteiger partial charge on any atom is -0.389 e. The van der Waals surface area contributed by atoms with E-state index in [2.05, 4.69) is 72.8 Å². The van der Waals surface area contributed by atoms with Crippen LogP contribution in [0.2, 0.25) is 0 Å². The predicted octanol–water partition coefficient (Wildman–Crippen LogP) is 3.29. The van der Waals surface area contributed by atoms with E-state index in [1.807, 2.05) is 0 Å². The first-order chi connectivity index (χ1) is 13.3. The van der Waals surface area contributed by atoms with Crippen LogP contribution < -0.4 is 0 Å². The number of hydrogen-bond donors (Lipinski definition) is 1. The number of aliphatic hydroxyl groups excluding tert-OH is 1. The lowest BCUT2D eigenvalue weighted by atomic mass is 9.87. The van der Waals surface area contributed by atoms with Gasteiger partial charge in [0, 0.05) is 52.3 Å². The highest BCUT2D eigenvalue weighted by atomic mass is 16.5. The SMILES string of the molecule is COCCN(Cc1cccn1Cc1ccc(C(C)(C)C)cc1)C[C@@H](O)COC. The van der Waals surface area contributed by atoms with Gasteiger partial charge in [0.25, 0.3) is 0 Å². The summed E-state index contributed by atoms with van der Waals surface area (Å²) < 4.78 is 12.6. The van der Waals surface area contributed by atoms with E-state index in [1.165, 1.54) is 16.8 Å². The van der Waals surface area contributed by atoms with E-state index < -0.39 is 6.10 Å². The molecule has 5 heteroatoms. The average Bonchev–Trinajstić information content (AvgIpc) is 3.06. The third kappa shape index (κ3) is 7.06. The molecule has 0 aliphatic rings. The van der Waals surface area contributed by atoms with Gasteiger partial charge in [-0.3, -0.25) is 4.90 Å². The Kier molecular flexibility index (Phi) is 8.70. The third-order valence-corrected chi connectivity index (χ3v) is 4.92. The lowest BCUT2D eigenvalue weighted by molar-refractivity contribution is 0.0288. The number of methoxy groups -OCH3 is 2. The van der Waals surface area contributed by atoms with Crippen LogP contribution in [-0.4, -0.2) is 61.2 Å². The van der Waals surface area contributed by atoms with Gasteiger partial charge in [-0.1, -0.05) is 45.0 Å². The second kappa shape index (κ2) is 10.8. The number of aliphatic hydroxyl groups is 1. The number of ether oxygens (including phenoxy) is 2. The molecular formula is C23H36N2O3. The van der Waals surface area contributed by atoms with Crippen molar-refractivity contribution in [3.05, 3.63) is 59.4 Å². The van der Waals surface area contributed by atoms with Crippen molar-refractivity contribution in [2.45, 2.75) is 45.4 Å². The molecule has 0 fully saturated rings. The first-order valence-corrected chi connectivity index (χ1v) is 9.95. The lowest BCUT2D eigenvalue weighted by Crippen LogP contribution is -2.36. The van der Waals surface area contributed by atoms with Gasteiger partial charge in [-0.25, -0.2) is 0 Å². The summed E-state index contributed by atoms with van der Waals surface area (Å²) in [4.78, 5) is 2.21. The summed E-state index contributed by atoms with van der Waals surface area (Å²) in [5, 5.41) is 10.1. The molecule has 2 aromatic rings. The quantitative estimate of drug-likeness (QED) is 0.642. The third-order valence-electron chi connectivity index (χ3n) is 4.92. The standard InChI is InChI=1S/C23H36N2O3/c1-23(2,3)20-10-8-19(9-11-20)15-25-12-6-7-21(25)16-24(13-14-27-4)17-22(26)18-28-5/h6-12,22,26H,13-18H2,1-5H3/t22-/m1/s1. The van der Waals surface area contributed by atoms with Crippen molar-refractivity contribution in [2.24, 2.45) is 0 Å². The van der Waals surface area contributed by atoms with Crippen LogP contribution >= 0.6 is 0 Å². The van der Waals surface area contributed by atoms with Crippen LogP contribution in [0.1, 0.15) is 37.6 Å². The molecule has 0 bridgehead atoms. The van der Waals surface area contributed by atoms with E-state index in [1.54, 1.807) is 14.2 Å². The minimum absolute atomic E-state index is 0.169. The summed E-state index contributed by atoms with van der Waals surface area (Å²) >= 11 is 0. The van der Waals surface area contributed by atoms with Crippen LogP contribution in [0.25, 0.3) is 0 Å². The van der Waals surface area contributed by atoms with Crippen molar-refractivity contribution in [1.82, 2.24) is 9.47 Å². The summed E-state index contributed by atoms with van der Waals surface area (Å²) in [7, 11) is 3.31. The summed E-state index contributed by atoms with van der Waals surface area (Å²) in [6, 6.07) is 13.1. The molecule has 2 rings (SSSR count). The average molecular weight is 389 g/mol. The smallest absolute Gasteiger partial charge is 0.0900 e. The minimum atomic E-state index is -0.504. The summed E-state index contributed by atoms with van der Waals surface area (Å²) in [6.07, 6.45) is 1.61. The van der Waals surface area contributed by atoms with E-state index in [0.717, 1.165) is 19.6 Å². The highest BCUT2D eigenvalue weighted by Gasteiger charge is 2.15. The number of aromatic nitrogens is 1. The molecular weight excluding hydrogens is 352 g/mol. The molecule has 5 nitrogen and oxygen atoms in total. The Morgan fingerprint density at radius 1 is 1.07 bits per heavy atom. The zero-order valence-electron chi connectivity index (χ0n) is 18.0. The Labute approximate surface area is 169 Å². The van der Waals surface area contributed by atoms with Gasteiger partial charge in [-0.05, 0) is 28.7 Å². The molecule has 1 atom stereocenters. The molecule has 0 saturated carbocycles. The Morgan fingerprint density at radius 2 is 1.79 bits per heavy atom. The van der Waals surface area contributed by atoms with Crippen LogP contribution in [0.5, 0.6) is 0 Å². The fourth-order valence-electron chi connectivity index (χ4n) is 3.28. The molecule has 0 spiro atoms. The second-order valence-corrected chi connectivity index (χ2v) is 8.41. The van der Waals surface area contributed by atoms with E-state index in [9.17, 15) is 5.11 Å². The Bertz CT molecular complexity index is 689. The molecule has 0 radical (unpaired) electrons. The van der Waals surface area contributed by atoms with Gasteiger partial charge in [0.15, 0.2) is 0 Å². The van der Waals surface area contributed by atoms with Crippen molar-refractivity contribution in [2.75, 3.05) is 40.5 Å². The molecule has 1 aromatic carbocycles. The number of hydrogen-bond acceptors (Lipinski definition) is 4. The molecule has 0 aliphatic carbocycles. The van der Waals surface area contributed by atoms with Crippen LogP contribution in [0.3, 0.4) is 0 Å². The van der Waals surface area contributed by atoms with Gasteiger partial charge < -0.3 is 19.1 Å². The molecule has 0 amide bonds. The van der Waals surface area contributed by atoms with E-state index >= 15 is 0 Å². The maximum Gasteiger partial charge on any atom is 0.0900 e. The van der Waals surface area contributed by atoms with Crippen LogP contribution in [-0.2, 0) is 28.0 Å². The number of nitrogens with zero attached hydrogens (tertiary/aromatic N) is 2. The maximum atomic E-state index is 10.1. The van der Waals surface area contributed by atoms with Crippen LogP contribution in [0, 0.1) is 0 Å². The van der Waals surface area contributed by atoms with E-state index in [0.29, 0.717) is 19.8 Å². The monoisotopic (exact) mass is 388 g/mol. The Morgan fingerprint density at radius 3 is 2.39 bits per heavy atom. The van der Waals surface area contributed by atoms with Crippen molar-refractivity contribution in [1.29, 1.82) is 0 Å². The summed E-state index contributed by atoms with van der Waals surface area (Å²) in [5.41, 5.74) is 4.03. The van der Waals surface area contributed by atoms with Crippen molar-refractivity contribution in [3.8, 4) is 0 Å². The van der Waals surface area contributed by atoms with Gasteiger partial charge in [0.2, 0.25) is 0 Å². The first-order valence-electron chi connectivity index (χ1n) is 9.95. The van der Waals surface area contributed by atoms with Gasteiger partial charge in [0.1, 0.15) is 0 Å². The van der Waals surface area contributed by atoms with Crippen molar-refractivity contribution >= 4 is 0 Å². The summed E-state index contributed by atoms with van der Waals surface area (Å²) in [6.45, 7) is 10.6. The van der Waals surface area contributed by atoms with Gasteiger partial charge in [-0.15, -0.1) is 0 Å². The Hall–Kier alpha value is -1.66. The van der Waals surface area contributed by atoms with Crippen LogP contribution in [0.4, 0.5) is 0 Å². The highest BCUT2D eigenvalue weighted by Crippen LogP contribution is 2.22. The number of rotatable bonds is 11. The molecule has 0 aliphatic heterocycles. The topological polar surface area (TPSA) is 46.9 Å².